The molecule has 0 saturated carbocycles. The van der Waals surface area contributed by atoms with Crippen molar-refractivity contribution in [2.75, 3.05) is 13.2 Å². The van der Waals surface area contributed by atoms with Crippen LogP contribution in [0.25, 0.3) is 6.08 Å². The summed E-state index contributed by atoms with van der Waals surface area (Å²) in [6.07, 6.45) is 3.52. The van der Waals surface area contributed by atoms with Crippen LogP contribution in [0.15, 0.2) is 70.1 Å². The van der Waals surface area contributed by atoms with E-state index in [1.54, 1.807) is 24.5 Å². The molecule has 9 heteroatoms. The van der Waals surface area contributed by atoms with Gasteiger partial charge in [-0.25, -0.2) is 9.79 Å². The SMILES string of the molecule is C=CCOc1c(I)cc(I)cc1/C=c1\sc2n(c1=O)C(c1ccc(C)cc1)C(C(=O)OCC)=C(C)N=2. The van der Waals surface area contributed by atoms with E-state index in [-0.39, 0.29) is 12.2 Å². The van der Waals surface area contributed by atoms with Crippen molar-refractivity contribution in [3.05, 3.63) is 104 Å². The van der Waals surface area contributed by atoms with E-state index < -0.39 is 12.0 Å². The summed E-state index contributed by atoms with van der Waals surface area (Å²) in [5, 5.41) is 0. The highest BCUT2D eigenvalue weighted by atomic mass is 127. The first-order valence-electron chi connectivity index (χ1n) is 11.2. The third-order valence-corrected chi connectivity index (χ3v) is 7.99. The minimum atomic E-state index is -0.629. The van der Waals surface area contributed by atoms with Gasteiger partial charge in [0.25, 0.3) is 5.56 Å². The van der Waals surface area contributed by atoms with E-state index in [9.17, 15) is 9.59 Å². The van der Waals surface area contributed by atoms with Gasteiger partial charge in [-0.2, -0.15) is 0 Å². The third-order valence-electron chi connectivity index (χ3n) is 5.58. The number of benzene rings is 2. The zero-order valence-corrected chi connectivity index (χ0v) is 25.1. The molecule has 0 saturated heterocycles. The molecular weight excluding hydrogens is 702 g/mol. The van der Waals surface area contributed by atoms with Crippen LogP contribution >= 0.6 is 56.5 Å². The van der Waals surface area contributed by atoms with Crippen LogP contribution in [0.5, 0.6) is 5.75 Å². The second kappa shape index (κ2) is 11.4. The number of carbonyl (C=O) groups is 1. The molecule has 3 aromatic rings. The van der Waals surface area contributed by atoms with Gasteiger partial charge in [-0.1, -0.05) is 53.8 Å². The molecule has 2 heterocycles. The zero-order valence-electron chi connectivity index (χ0n) is 20.0. The van der Waals surface area contributed by atoms with Crippen LogP contribution in [0, 0.1) is 14.1 Å². The molecule has 0 bridgehead atoms. The maximum atomic E-state index is 13.8. The van der Waals surface area contributed by atoms with Crippen LogP contribution in [0.4, 0.5) is 0 Å². The average Bonchev–Trinajstić information content (AvgIpc) is 3.12. The number of hydrogen-bond donors (Lipinski definition) is 0. The van der Waals surface area contributed by atoms with Crippen molar-refractivity contribution < 1.29 is 14.3 Å². The Bertz CT molecular complexity index is 1550. The topological polar surface area (TPSA) is 69.9 Å². The number of allylic oxidation sites excluding steroid dienone is 1. The molecule has 1 aromatic heterocycles. The second-order valence-electron chi connectivity index (χ2n) is 8.12. The fourth-order valence-corrected chi connectivity index (χ4v) is 7.06. The van der Waals surface area contributed by atoms with Crippen molar-refractivity contribution in [3.63, 3.8) is 0 Å². The van der Waals surface area contributed by atoms with Gasteiger partial charge in [-0.15, -0.1) is 0 Å². The van der Waals surface area contributed by atoms with E-state index in [0.29, 0.717) is 33.0 Å². The van der Waals surface area contributed by atoms with Crippen molar-refractivity contribution in [1.82, 2.24) is 4.57 Å². The first-order chi connectivity index (χ1) is 17.2. The molecule has 186 valence electrons. The number of aryl methyl sites for hydroxylation is 1. The number of fused-ring (bicyclic) bond motifs is 1. The smallest absolute Gasteiger partial charge is 0.338 e. The van der Waals surface area contributed by atoms with Gasteiger partial charge in [0.05, 0.1) is 32.0 Å². The van der Waals surface area contributed by atoms with Crippen LogP contribution in [-0.2, 0) is 9.53 Å². The molecule has 0 spiro atoms. The van der Waals surface area contributed by atoms with Crippen LogP contribution in [-0.4, -0.2) is 23.8 Å². The molecule has 1 unspecified atom stereocenters. The number of rotatable bonds is 7. The predicted molar refractivity (Wildman–Crippen MR) is 159 cm³/mol. The highest BCUT2D eigenvalue weighted by Gasteiger charge is 2.33. The lowest BCUT2D eigenvalue weighted by Crippen LogP contribution is -2.39. The Labute approximate surface area is 240 Å². The molecular formula is C27H24I2N2O4S. The molecule has 0 aliphatic carbocycles. The summed E-state index contributed by atoms with van der Waals surface area (Å²) in [5.41, 5.74) is 3.41. The van der Waals surface area contributed by atoms with Crippen molar-refractivity contribution in [1.29, 1.82) is 0 Å². The van der Waals surface area contributed by atoms with E-state index in [0.717, 1.165) is 23.8 Å². The molecule has 0 radical (unpaired) electrons. The Morgan fingerprint density at radius 1 is 1.22 bits per heavy atom. The summed E-state index contributed by atoms with van der Waals surface area (Å²) in [6.45, 7) is 9.87. The highest BCUT2D eigenvalue weighted by Crippen LogP contribution is 2.31. The molecule has 6 nitrogen and oxygen atoms in total. The van der Waals surface area contributed by atoms with Gasteiger partial charge in [0.2, 0.25) is 0 Å². The molecule has 4 rings (SSSR count). The van der Waals surface area contributed by atoms with E-state index in [2.05, 4.69) is 56.8 Å². The first-order valence-corrected chi connectivity index (χ1v) is 14.2. The summed E-state index contributed by atoms with van der Waals surface area (Å²) in [7, 11) is 0. The standard InChI is InChI=1S/C27H24I2N2O4S/c1-5-11-35-24-18(12-19(28)14-20(24)29)13-21-25(32)31-23(17-9-7-15(3)8-10-17)22(26(33)34-6-2)16(4)30-27(31)36-21/h5,7-10,12-14,23H,1,6,11H2,2-4H3/b21-13-. The number of thiazole rings is 1. The molecule has 2 aromatic carbocycles. The number of carbonyl (C=O) groups excluding carboxylic acids is 1. The normalized spacial score (nSPS) is 15.4. The Morgan fingerprint density at radius 2 is 1.94 bits per heavy atom. The van der Waals surface area contributed by atoms with Crippen molar-refractivity contribution in [2.24, 2.45) is 4.99 Å². The lowest BCUT2D eigenvalue weighted by Gasteiger charge is -2.24. The van der Waals surface area contributed by atoms with Gasteiger partial charge in [-0.3, -0.25) is 9.36 Å². The molecule has 0 N–H and O–H groups in total. The van der Waals surface area contributed by atoms with Gasteiger partial charge in [0.1, 0.15) is 12.4 Å². The van der Waals surface area contributed by atoms with E-state index >= 15 is 0 Å². The average molecular weight is 726 g/mol. The fraction of sp³-hybridized carbons (Fsp3) is 0.222. The van der Waals surface area contributed by atoms with Gasteiger partial charge >= 0.3 is 5.97 Å². The lowest BCUT2D eigenvalue weighted by molar-refractivity contribution is -0.139. The van der Waals surface area contributed by atoms with Crippen LogP contribution in [0.1, 0.15) is 36.6 Å². The molecule has 1 aliphatic heterocycles. The monoisotopic (exact) mass is 726 g/mol. The Balaban J connectivity index is 1.96. The largest absolute Gasteiger partial charge is 0.488 e. The third kappa shape index (κ3) is 5.37. The van der Waals surface area contributed by atoms with Crippen molar-refractivity contribution in [3.8, 4) is 5.75 Å². The van der Waals surface area contributed by atoms with E-state index in [1.165, 1.54) is 11.3 Å². The van der Waals surface area contributed by atoms with Gasteiger partial charge in [-0.05, 0) is 89.7 Å². The number of aromatic nitrogens is 1. The van der Waals surface area contributed by atoms with E-state index in [4.69, 9.17) is 9.47 Å². The van der Waals surface area contributed by atoms with Crippen molar-refractivity contribution >= 4 is 68.6 Å². The van der Waals surface area contributed by atoms with Gasteiger partial charge in [0, 0.05) is 9.13 Å². The minimum absolute atomic E-state index is 0.220. The van der Waals surface area contributed by atoms with Gasteiger partial charge < -0.3 is 9.47 Å². The van der Waals surface area contributed by atoms with Crippen molar-refractivity contribution in [2.45, 2.75) is 26.8 Å². The maximum absolute atomic E-state index is 13.8. The van der Waals surface area contributed by atoms with Gasteiger partial charge in [0.15, 0.2) is 4.80 Å². The zero-order chi connectivity index (χ0) is 26.0. The summed E-state index contributed by atoms with van der Waals surface area (Å²) in [5.74, 6) is 0.228. The number of esters is 1. The maximum Gasteiger partial charge on any atom is 0.338 e. The summed E-state index contributed by atoms with van der Waals surface area (Å²) >= 11 is 5.78. The lowest BCUT2D eigenvalue weighted by atomic mass is 9.95. The number of halogens is 2. The first kappa shape index (κ1) is 26.8. The molecule has 1 aliphatic rings. The molecule has 1 atom stereocenters. The predicted octanol–water partition coefficient (Wildman–Crippen LogP) is 4.88. The molecule has 0 amide bonds. The highest BCUT2D eigenvalue weighted by molar-refractivity contribution is 14.1. The quantitative estimate of drug-likeness (QED) is 0.198. The van der Waals surface area contributed by atoms with Crippen LogP contribution in [0.2, 0.25) is 0 Å². The number of nitrogens with zero attached hydrogens (tertiary/aromatic N) is 2. The Kier molecular flexibility index (Phi) is 8.51. The van der Waals surface area contributed by atoms with E-state index in [1.807, 2.05) is 49.4 Å². The van der Waals surface area contributed by atoms with Crippen LogP contribution in [0.3, 0.4) is 0 Å². The van der Waals surface area contributed by atoms with Crippen LogP contribution < -0.4 is 19.6 Å². The minimum Gasteiger partial charge on any atom is -0.488 e. The summed E-state index contributed by atoms with van der Waals surface area (Å²) in [4.78, 5) is 32.0. The summed E-state index contributed by atoms with van der Waals surface area (Å²) in [6, 6.07) is 11.2. The molecule has 0 fully saturated rings. The fourth-order valence-electron chi connectivity index (χ4n) is 3.98. The number of hydrogen-bond acceptors (Lipinski definition) is 6. The molecule has 36 heavy (non-hydrogen) atoms. The number of ether oxygens (including phenoxy) is 2. The second-order valence-corrected chi connectivity index (χ2v) is 11.5. The Hall–Kier alpha value is -2.25. The summed E-state index contributed by atoms with van der Waals surface area (Å²) < 4.78 is 15.4. The Morgan fingerprint density at radius 3 is 2.61 bits per heavy atom.